The molecule has 1 saturated heterocycles. The molecule has 2 aliphatic rings. The molecule has 0 unspecified atom stereocenters. The predicted octanol–water partition coefficient (Wildman–Crippen LogP) is 3.29. The Morgan fingerprint density at radius 1 is 1.38 bits per heavy atom. The van der Waals surface area contributed by atoms with E-state index in [-0.39, 0.29) is 23.9 Å². The predicted molar refractivity (Wildman–Crippen MR) is 95.8 cm³/mol. The molecule has 2 heterocycles. The number of aromatic nitrogens is 2. The number of carbonyl (C=O) groups excluding carboxylic acids is 1. The van der Waals surface area contributed by atoms with Crippen molar-refractivity contribution in [3.8, 4) is 0 Å². The van der Waals surface area contributed by atoms with Crippen molar-refractivity contribution < 1.29 is 4.79 Å². The summed E-state index contributed by atoms with van der Waals surface area (Å²) in [5, 5.41) is 5.33. The third-order valence-electron chi connectivity index (χ3n) is 5.34. The number of aryl methyl sites for hydroxylation is 1. The minimum absolute atomic E-state index is 0.0720. The molecule has 1 aromatic rings. The number of amides is 1. The first-order chi connectivity index (χ1) is 11.4. The molecule has 0 radical (unpaired) electrons. The van der Waals surface area contributed by atoms with Crippen LogP contribution in [0, 0.1) is 18.8 Å². The smallest absolute Gasteiger partial charge is 0.226 e. The highest BCUT2D eigenvalue weighted by molar-refractivity contribution is 6.30. The van der Waals surface area contributed by atoms with Gasteiger partial charge in [0.1, 0.15) is 5.15 Å². The van der Waals surface area contributed by atoms with Crippen LogP contribution in [0.2, 0.25) is 5.15 Å². The van der Waals surface area contributed by atoms with Gasteiger partial charge in [0.05, 0.1) is 11.7 Å². The van der Waals surface area contributed by atoms with Gasteiger partial charge in [-0.25, -0.2) is 0 Å². The first-order valence-electron chi connectivity index (χ1n) is 9.17. The highest BCUT2D eigenvalue weighted by Gasteiger charge is 2.39. The molecule has 6 heteroatoms. The van der Waals surface area contributed by atoms with E-state index in [2.05, 4.69) is 18.9 Å². The molecular weight excluding hydrogens is 324 g/mol. The molecular formula is C18H29ClN4O. The maximum Gasteiger partial charge on any atom is 0.226 e. The van der Waals surface area contributed by atoms with Gasteiger partial charge < -0.3 is 10.6 Å². The summed E-state index contributed by atoms with van der Waals surface area (Å²) in [6, 6.07) is 0.252. The fourth-order valence-electron chi connectivity index (χ4n) is 4.22. The van der Waals surface area contributed by atoms with Gasteiger partial charge in [-0.1, -0.05) is 25.4 Å². The summed E-state index contributed by atoms with van der Waals surface area (Å²) in [5.74, 6) is 0.832. The molecule has 2 N–H and O–H groups in total. The van der Waals surface area contributed by atoms with Crippen molar-refractivity contribution in [2.75, 3.05) is 6.54 Å². The topological polar surface area (TPSA) is 64.2 Å². The second-order valence-electron chi connectivity index (χ2n) is 7.83. The lowest BCUT2D eigenvalue weighted by molar-refractivity contribution is -0.136. The van der Waals surface area contributed by atoms with Crippen LogP contribution in [0.3, 0.4) is 0 Å². The molecule has 1 amide bonds. The zero-order valence-corrected chi connectivity index (χ0v) is 15.7. The van der Waals surface area contributed by atoms with Crippen molar-refractivity contribution in [3.05, 3.63) is 16.4 Å². The molecule has 2 fully saturated rings. The average molecular weight is 353 g/mol. The van der Waals surface area contributed by atoms with E-state index < -0.39 is 0 Å². The Hall–Kier alpha value is -1.07. The van der Waals surface area contributed by atoms with Crippen LogP contribution in [0.5, 0.6) is 0 Å². The highest BCUT2D eigenvalue weighted by Crippen LogP contribution is 2.40. The molecule has 1 aliphatic carbocycles. The molecule has 1 saturated carbocycles. The van der Waals surface area contributed by atoms with Gasteiger partial charge >= 0.3 is 0 Å². The summed E-state index contributed by atoms with van der Waals surface area (Å²) in [5.41, 5.74) is 8.00. The van der Waals surface area contributed by atoms with Gasteiger partial charge in [-0.3, -0.25) is 9.48 Å². The minimum atomic E-state index is 0.0720. The van der Waals surface area contributed by atoms with E-state index in [1.54, 1.807) is 0 Å². The van der Waals surface area contributed by atoms with Gasteiger partial charge in [0.15, 0.2) is 0 Å². The summed E-state index contributed by atoms with van der Waals surface area (Å²) in [6.45, 7) is 7.94. The first kappa shape index (κ1) is 17.7. The molecule has 1 aliphatic heterocycles. The van der Waals surface area contributed by atoms with E-state index in [1.165, 1.54) is 0 Å². The van der Waals surface area contributed by atoms with E-state index in [0.717, 1.165) is 56.5 Å². The van der Waals surface area contributed by atoms with Crippen LogP contribution >= 0.6 is 11.6 Å². The summed E-state index contributed by atoms with van der Waals surface area (Å²) >= 11 is 6.65. The average Bonchev–Trinajstić information content (AvgIpc) is 3.19. The summed E-state index contributed by atoms with van der Waals surface area (Å²) in [6.07, 6.45) is 4.70. The van der Waals surface area contributed by atoms with Crippen molar-refractivity contribution in [2.45, 2.75) is 71.5 Å². The number of nitrogens with two attached hydrogens (primary N) is 1. The van der Waals surface area contributed by atoms with Gasteiger partial charge in [0.25, 0.3) is 0 Å². The third-order valence-corrected chi connectivity index (χ3v) is 5.74. The molecule has 3 rings (SSSR count). The molecule has 134 valence electrons. The first-order valence-corrected chi connectivity index (χ1v) is 9.55. The largest absolute Gasteiger partial charge is 0.335 e. The monoisotopic (exact) mass is 352 g/mol. The van der Waals surface area contributed by atoms with Crippen LogP contribution in [0.1, 0.15) is 63.3 Å². The molecule has 0 spiro atoms. The van der Waals surface area contributed by atoms with E-state index in [9.17, 15) is 4.79 Å². The standard InChI is InChI=1S/C18H29ClN4O/c1-11(2)10-23-17(19)16(12(3)21-23)15-5-4-8-22(15)18(24)13-6-7-14(20)9-13/h11,13-15H,4-10,20H2,1-3H3/t13-,14+,15+/m1/s1. The van der Waals surface area contributed by atoms with Crippen molar-refractivity contribution in [1.82, 2.24) is 14.7 Å². The molecule has 5 nitrogen and oxygen atoms in total. The summed E-state index contributed by atoms with van der Waals surface area (Å²) in [7, 11) is 0. The second-order valence-corrected chi connectivity index (χ2v) is 8.18. The van der Waals surface area contributed by atoms with Crippen molar-refractivity contribution in [1.29, 1.82) is 0 Å². The lowest BCUT2D eigenvalue weighted by Crippen LogP contribution is -2.35. The van der Waals surface area contributed by atoms with E-state index >= 15 is 0 Å². The maximum atomic E-state index is 13.0. The third kappa shape index (κ3) is 3.33. The Bertz CT molecular complexity index is 612. The van der Waals surface area contributed by atoms with E-state index in [4.69, 9.17) is 17.3 Å². The van der Waals surface area contributed by atoms with Crippen LogP contribution in [0.25, 0.3) is 0 Å². The van der Waals surface area contributed by atoms with Gasteiger partial charge in [-0.05, 0) is 44.9 Å². The second kappa shape index (κ2) is 7.04. The van der Waals surface area contributed by atoms with Gasteiger partial charge in [0, 0.05) is 30.6 Å². The Morgan fingerprint density at radius 3 is 2.75 bits per heavy atom. The maximum absolute atomic E-state index is 13.0. The number of hydrogen-bond acceptors (Lipinski definition) is 3. The SMILES string of the molecule is Cc1nn(CC(C)C)c(Cl)c1[C@@H]1CCCN1C(=O)[C@@H]1CC[C@H](N)C1. The zero-order chi connectivity index (χ0) is 17.4. The number of halogens is 1. The lowest BCUT2D eigenvalue weighted by atomic mass is 10.0. The Balaban J connectivity index is 1.83. The van der Waals surface area contributed by atoms with Gasteiger partial charge in [-0.15, -0.1) is 0 Å². The number of hydrogen-bond donors (Lipinski definition) is 1. The lowest BCUT2D eigenvalue weighted by Gasteiger charge is -2.27. The molecule has 0 aromatic carbocycles. The Kier molecular flexibility index (Phi) is 5.21. The fourth-order valence-corrected chi connectivity index (χ4v) is 4.59. The van der Waals surface area contributed by atoms with Crippen molar-refractivity contribution in [3.63, 3.8) is 0 Å². The van der Waals surface area contributed by atoms with Crippen LogP contribution in [0.4, 0.5) is 0 Å². The van der Waals surface area contributed by atoms with Gasteiger partial charge in [0.2, 0.25) is 5.91 Å². The summed E-state index contributed by atoms with van der Waals surface area (Å²) in [4.78, 5) is 15.0. The van der Waals surface area contributed by atoms with E-state index in [1.807, 2.05) is 16.5 Å². The fraction of sp³-hybridized carbons (Fsp3) is 0.778. The molecule has 3 atom stereocenters. The van der Waals surface area contributed by atoms with Gasteiger partial charge in [-0.2, -0.15) is 5.10 Å². The van der Waals surface area contributed by atoms with E-state index in [0.29, 0.717) is 11.1 Å². The molecule has 24 heavy (non-hydrogen) atoms. The zero-order valence-electron chi connectivity index (χ0n) is 15.0. The van der Waals surface area contributed by atoms with Crippen molar-refractivity contribution in [2.24, 2.45) is 17.6 Å². The van der Waals surface area contributed by atoms with Crippen molar-refractivity contribution >= 4 is 17.5 Å². The minimum Gasteiger partial charge on any atom is -0.335 e. The number of likely N-dealkylation sites (tertiary alicyclic amines) is 1. The number of carbonyl (C=O) groups is 1. The Labute approximate surface area is 149 Å². The van der Waals surface area contributed by atoms with Crippen LogP contribution in [-0.4, -0.2) is 33.2 Å². The van der Waals surface area contributed by atoms with Crippen LogP contribution in [0.15, 0.2) is 0 Å². The normalized spacial score (nSPS) is 27.4. The molecule has 1 aromatic heterocycles. The van der Waals surface area contributed by atoms with Crippen LogP contribution < -0.4 is 5.73 Å². The number of nitrogens with zero attached hydrogens (tertiary/aromatic N) is 3. The molecule has 0 bridgehead atoms. The quantitative estimate of drug-likeness (QED) is 0.904. The Morgan fingerprint density at radius 2 is 2.12 bits per heavy atom. The highest BCUT2D eigenvalue weighted by atomic mass is 35.5. The number of rotatable bonds is 4. The van der Waals surface area contributed by atoms with Crippen LogP contribution in [-0.2, 0) is 11.3 Å². The summed E-state index contributed by atoms with van der Waals surface area (Å²) < 4.78 is 1.89.